The minimum atomic E-state index is -0.776. The number of benzene rings is 1. The third-order valence-corrected chi connectivity index (χ3v) is 2.75. The van der Waals surface area contributed by atoms with E-state index < -0.39 is 5.97 Å². The third kappa shape index (κ3) is 2.94. The van der Waals surface area contributed by atoms with Gasteiger partial charge in [-0.25, -0.2) is 4.98 Å². The van der Waals surface area contributed by atoms with E-state index in [1.165, 1.54) is 0 Å². The van der Waals surface area contributed by atoms with Crippen molar-refractivity contribution in [2.24, 2.45) is 5.92 Å². The molecule has 0 radical (unpaired) electrons. The van der Waals surface area contributed by atoms with Crippen LogP contribution in [0.2, 0.25) is 0 Å². The fraction of sp³-hybridized carbons (Fsp3) is 0.308. The molecule has 1 aromatic carbocycles. The van der Waals surface area contributed by atoms with Crippen molar-refractivity contribution in [3.8, 4) is 0 Å². The van der Waals surface area contributed by atoms with E-state index in [1.54, 1.807) is 13.1 Å². The Morgan fingerprint density at radius 2 is 2.11 bits per heavy atom. The minimum absolute atomic E-state index is 0.356. The van der Waals surface area contributed by atoms with Gasteiger partial charge in [0, 0.05) is 6.54 Å². The number of hydrogen-bond acceptors (Lipinski definition) is 4. The Morgan fingerprint density at radius 3 is 2.83 bits per heavy atom. The summed E-state index contributed by atoms with van der Waals surface area (Å²) in [6, 6.07) is 7.62. The zero-order valence-electron chi connectivity index (χ0n) is 10.1. The van der Waals surface area contributed by atoms with Crippen molar-refractivity contribution in [1.82, 2.24) is 9.97 Å². The normalized spacial score (nSPS) is 12.3. The van der Waals surface area contributed by atoms with Gasteiger partial charge >= 0.3 is 5.97 Å². The molecular weight excluding hydrogens is 230 g/mol. The second-order valence-corrected chi connectivity index (χ2v) is 4.20. The Morgan fingerprint density at radius 1 is 1.39 bits per heavy atom. The summed E-state index contributed by atoms with van der Waals surface area (Å²) in [5.41, 5.74) is 1.68. The summed E-state index contributed by atoms with van der Waals surface area (Å²) in [4.78, 5) is 19.3. The van der Waals surface area contributed by atoms with Crippen LogP contribution in [0, 0.1) is 5.92 Å². The van der Waals surface area contributed by atoms with E-state index in [4.69, 9.17) is 5.11 Å². The molecule has 0 saturated heterocycles. The number of aliphatic carboxylic acids is 1. The van der Waals surface area contributed by atoms with Crippen LogP contribution in [0.5, 0.6) is 0 Å². The number of carboxylic acids is 1. The molecule has 5 heteroatoms. The first-order chi connectivity index (χ1) is 8.66. The minimum Gasteiger partial charge on any atom is -0.481 e. The van der Waals surface area contributed by atoms with Crippen LogP contribution in [0.1, 0.15) is 13.3 Å². The van der Waals surface area contributed by atoms with Gasteiger partial charge in [-0.3, -0.25) is 9.78 Å². The van der Waals surface area contributed by atoms with Crippen molar-refractivity contribution in [3.05, 3.63) is 30.5 Å². The third-order valence-electron chi connectivity index (χ3n) is 2.75. The maximum Gasteiger partial charge on any atom is 0.306 e. The lowest BCUT2D eigenvalue weighted by atomic mass is 10.1. The monoisotopic (exact) mass is 245 g/mol. The van der Waals surface area contributed by atoms with Gasteiger partial charge in [-0.2, -0.15) is 0 Å². The first-order valence-corrected chi connectivity index (χ1v) is 5.85. The van der Waals surface area contributed by atoms with Gasteiger partial charge in [-0.1, -0.05) is 19.1 Å². The first kappa shape index (κ1) is 12.3. The summed E-state index contributed by atoms with van der Waals surface area (Å²) in [5.74, 6) is -0.460. The predicted octanol–water partition coefficient (Wildman–Crippen LogP) is 2.15. The number of anilines is 1. The van der Waals surface area contributed by atoms with Crippen LogP contribution in [-0.2, 0) is 4.79 Å². The van der Waals surface area contributed by atoms with Gasteiger partial charge < -0.3 is 10.4 Å². The molecule has 0 amide bonds. The summed E-state index contributed by atoms with van der Waals surface area (Å²) in [6.07, 6.45) is 2.22. The Labute approximate surface area is 105 Å². The smallest absolute Gasteiger partial charge is 0.306 e. The largest absolute Gasteiger partial charge is 0.481 e. The van der Waals surface area contributed by atoms with Crippen LogP contribution in [0.3, 0.4) is 0 Å². The van der Waals surface area contributed by atoms with Crippen LogP contribution in [-0.4, -0.2) is 27.6 Å². The summed E-state index contributed by atoms with van der Waals surface area (Å²) in [5, 5.41) is 11.9. The topological polar surface area (TPSA) is 75.1 Å². The number of nitrogens with zero attached hydrogens (tertiary/aromatic N) is 2. The molecule has 0 fully saturated rings. The molecule has 0 aliphatic carbocycles. The molecule has 94 valence electrons. The van der Waals surface area contributed by atoms with Crippen LogP contribution >= 0.6 is 0 Å². The number of carbonyl (C=O) groups is 1. The van der Waals surface area contributed by atoms with Crippen LogP contribution in [0.4, 0.5) is 5.82 Å². The van der Waals surface area contributed by atoms with E-state index in [1.807, 2.05) is 24.3 Å². The van der Waals surface area contributed by atoms with E-state index in [2.05, 4.69) is 15.3 Å². The highest BCUT2D eigenvalue weighted by molar-refractivity contribution is 5.75. The van der Waals surface area contributed by atoms with Crippen LogP contribution < -0.4 is 5.32 Å². The van der Waals surface area contributed by atoms with Gasteiger partial charge in [0.25, 0.3) is 0 Å². The van der Waals surface area contributed by atoms with Gasteiger partial charge in [0.15, 0.2) is 0 Å². The molecule has 2 N–H and O–H groups in total. The predicted molar refractivity (Wildman–Crippen MR) is 69.4 cm³/mol. The Bertz CT molecular complexity index is 557. The second kappa shape index (κ2) is 5.44. The second-order valence-electron chi connectivity index (χ2n) is 4.20. The molecular formula is C13H15N3O2. The SMILES string of the molecule is CC(CCNc1cnc2ccccc2n1)C(=O)O. The zero-order valence-corrected chi connectivity index (χ0v) is 10.1. The molecule has 0 bridgehead atoms. The molecule has 1 aromatic heterocycles. The summed E-state index contributed by atoms with van der Waals surface area (Å²) in [6.45, 7) is 2.26. The molecule has 1 atom stereocenters. The van der Waals surface area contributed by atoms with Gasteiger partial charge in [-0.15, -0.1) is 0 Å². The number of para-hydroxylation sites is 2. The summed E-state index contributed by atoms with van der Waals surface area (Å²) in [7, 11) is 0. The number of fused-ring (bicyclic) bond motifs is 1. The van der Waals surface area contributed by atoms with E-state index >= 15 is 0 Å². The number of nitrogens with one attached hydrogen (secondary N) is 1. The van der Waals surface area contributed by atoms with Crippen molar-refractivity contribution in [2.75, 3.05) is 11.9 Å². The lowest BCUT2D eigenvalue weighted by Gasteiger charge is -2.08. The lowest BCUT2D eigenvalue weighted by Crippen LogP contribution is -2.14. The lowest BCUT2D eigenvalue weighted by molar-refractivity contribution is -0.141. The molecule has 0 spiro atoms. The summed E-state index contributed by atoms with van der Waals surface area (Å²) >= 11 is 0. The Balaban J connectivity index is 1.98. The molecule has 1 unspecified atom stereocenters. The van der Waals surface area contributed by atoms with Crippen molar-refractivity contribution >= 4 is 22.8 Å². The van der Waals surface area contributed by atoms with Crippen LogP contribution in [0.15, 0.2) is 30.5 Å². The van der Waals surface area contributed by atoms with Gasteiger partial charge in [0.1, 0.15) is 5.82 Å². The fourth-order valence-corrected chi connectivity index (χ4v) is 1.58. The van der Waals surface area contributed by atoms with E-state index in [9.17, 15) is 4.79 Å². The zero-order chi connectivity index (χ0) is 13.0. The van der Waals surface area contributed by atoms with Gasteiger partial charge in [-0.05, 0) is 18.6 Å². The van der Waals surface area contributed by atoms with E-state index in [0.29, 0.717) is 18.8 Å². The number of hydrogen-bond donors (Lipinski definition) is 2. The number of aromatic nitrogens is 2. The van der Waals surface area contributed by atoms with Gasteiger partial charge in [0.05, 0.1) is 23.1 Å². The Kier molecular flexibility index (Phi) is 3.72. The van der Waals surface area contributed by atoms with Crippen LogP contribution in [0.25, 0.3) is 11.0 Å². The highest BCUT2D eigenvalue weighted by atomic mass is 16.4. The van der Waals surface area contributed by atoms with Crippen molar-refractivity contribution in [2.45, 2.75) is 13.3 Å². The average Bonchev–Trinajstić information content (AvgIpc) is 2.38. The first-order valence-electron chi connectivity index (χ1n) is 5.85. The standard InChI is InChI=1S/C13H15N3O2/c1-9(13(17)18)6-7-14-12-8-15-10-4-2-3-5-11(10)16-12/h2-5,8-9H,6-7H2,1H3,(H,14,16)(H,17,18). The molecule has 2 aromatic rings. The molecule has 0 aliphatic rings. The van der Waals surface area contributed by atoms with E-state index in [0.717, 1.165) is 11.0 Å². The van der Waals surface area contributed by atoms with Crippen molar-refractivity contribution < 1.29 is 9.90 Å². The molecule has 2 rings (SSSR count). The fourth-order valence-electron chi connectivity index (χ4n) is 1.58. The van der Waals surface area contributed by atoms with Crippen molar-refractivity contribution in [3.63, 3.8) is 0 Å². The van der Waals surface area contributed by atoms with E-state index in [-0.39, 0.29) is 5.92 Å². The molecule has 0 saturated carbocycles. The average molecular weight is 245 g/mol. The number of carboxylic acid groups (broad SMARTS) is 1. The molecule has 18 heavy (non-hydrogen) atoms. The highest BCUT2D eigenvalue weighted by Crippen LogP contribution is 2.11. The van der Waals surface area contributed by atoms with Crippen molar-refractivity contribution in [1.29, 1.82) is 0 Å². The molecule has 0 aliphatic heterocycles. The molecule has 5 nitrogen and oxygen atoms in total. The number of rotatable bonds is 5. The highest BCUT2D eigenvalue weighted by Gasteiger charge is 2.09. The van der Waals surface area contributed by atoms with Gasteiger partial charge in [0.2, 0.25) is 0 Å². The maximum absolute atomic E-state index is 10.7. The molecule has 1 heterocycles. The Hall–Kier alpha value is -2.17. The summed E-state index contributed by atoms with van der Waals surface area (Å²) < 4.78 is 0. The maximum atomic E-state index is 10.7. The quantitative estimate of drug-likeness (QED) is 0.844.